The minimum Gasteiger partial charge on any atom is -0.354 e. The van der Waals surface area contributed by atoms with Crippen molar-refractivity contribution in [3.8, 4) is 0 Å². The quantitative estimate of drug-likeness (QED) is 0.872. The lowest BCUT2D eigenvalue weighted by Crippen LogP contribution is -2.46. The number of rotatable bonds is 5. The second-order valence-corrected chi connectivity index (χ2v) is 6.83. The van der Waals surface area contributed by atoms with Crippen molar-refractivity contribution in [2.24, 2.45) is 0 Å². The minimum absolute atomic E-state index is 0.195. The summed E-state index contributed by atoms with van der Waals surface area (Å²) in [5, 5.41) is 3.59. The molecule has 1 aliphatic heterocycles. The molecule has 1 amide bonds. The fourth-order valence-electron chi connectivity index (χ4n) is 3.00. The van der Waals surface area contributed by atoms with Crippen LogP contribution in [0.5, 0.6) is 0 Å². The van der Waals surface area contributed by atoms with Crippen molar-refractivity contribution in [1.82, 2.24) is 20.2 Å². The molecule has 1 aliphatic rings. The number of halogens is 1. The molecule has 6 nitrogen and oxygen atoms in total. The summed E-state index contributed by atoms with van der Waals surface area (Å²) in [6.07, 6.45) is 0. The van der Waals surface area contributed by atoms with Crippen molar-refractivity contribution in [2.75, 3.05) is 37.6 Å². The van der Waals surface area contributed by atoms with Crippen LogP contribution in [-0.2, 0) is 6.54 Å². The van der Waals surface area contributed by atoms with E-state index < -0.39 is 0 Å². The van der Waals surface area contributed by atoms with Crippen LogP contribution in [0.4, 0.5) is 5.82 Å². The van der Waals surface area contributed by atoms with E-state index in [1.807, 2.05) is 31.2 Å². The molecule has 1 saturated heterocycles. The molecule has 2 heterocycles. The lowest BCUT2D eigenvalue weighted by atomic mass is 10.2. The summed E-state index contributed by atoms with van der Waals surface area (Å²) in [4.78, 5) is 26.0. The highest BCUT2D eigenvalue weighted by molar-refractivity contribution is 6.30. The zero-order valence-electron chi connectivity index (χ0n) is 15.2. The molecule has 3 rings (SSSR count). The van der Waals surface area contributed by atoms with Gasteiger partial charge in [0.1, 0.15) is 17.3 Å². The van der Waals surface area contributed by atoms with Gasteiger partial charge in [-0.15, -0.1) is 0 Å². The first-order chi connectivity index (χ1) is 12.5. The van der Waals surface area contributed by atoms with E-state index in [0.717, 1.165) is 44.1 Å². The second-order valence-electron chi connectivity index (χ2n) is 6.39. The molecule has 1 N–H and O–H groups in total. The number of amides is 1. The number of carbonyl (C=O) groups is 1. The van der Waals surface area contributed by atoms with E-state index >= 15 is 0 Å². The predicted molar refractivity (Wildman–Crippen MR) is 104 cm³/mol. The largest absolute Gasteiger partial charge is 0.354 e. The zero-order valence-corrected chi connectivity index (χ0v) is 16.0. The Bertz CT molecular complexity index is 757. The number of benzene rings is 1. The number of piperazine rings is 1. The minimum atomic E-state index is -0.195. The average Bonchev–Trinajstić information content (AvgIpc) is 2.67. The first-order valence-corrected chi connectivity index (χ1v) is 9.28. The van der Waals surface area contributed by atoms with E-state index in [1.165, 1.54) is 0 Å². The molecule has 1 aromatic heterocycles. The normalized spacial score (nSPS) is 15.1. The van der Waals surface area contributed by atoms with E-state index in [1.54, 1.807) is 6.07 Å². The lowest BCUT2D eigenvalue weighted by Gasteiger charge is -2.34. The summed E-state index contributed by atoms with van der Waals surface area (Å²) < 4.78 is 0. The molecular weight excluding hydrogens is 350 g/mol. The Morgan fingerprint density at radius 3 is 2.50 bits per heavy atom. The van der Waals surface area contributed by atoms with Gasteiger partial charge in [0.15, 0.2) is 0 Å². The maximum atomic E-state index is 12.5. The second kappa shape index (κ2) is 8.47. The van der Waals surface area contributed by atoms with Crippen LogP contribution >= 0.6 is 11.6 Å². The van der Waals surface area contributed by atoms with Crippen molar-refractivity contribution < 1.29 is 4.79 Å². The Morgan fingerprint density at radius 1 is 1.15 bits per heavy atom. The van der Waals surface area contributed by atoms with Gasteiger partial charge in [0.2, 0.25) is 0 Å². The van der Waals surface area contributed by atoms with Gasteiger partial charge in [0, 0.05) is 43.8 Å². The number of nitrogens with one attached hydrogen (secondary N) is 1. The van der Waals surface area contributed by atoms with Crippen LogP contribution in [0.3, 0.4) is 0 Å². The summed E-state index contributed by atoms with van der Waals surface area (Å²) in [7, 11) is 0. The maximum absolute atomic E-state index is 12.5. The number of hydrogen-bond acceptors (Lipinski definition) is 5. The lowest BCUT2D eigenvalue weighted by molar-refractivity contribution is 0.0945. The van der Waals surface area contributed by atoms with E-state index in [4.69, 9.17) is 11.6 Å². The highest BCUT2D eigenvalue weighted by Crippen LogP contribution is 2.16. The fourth-order valence-corrected chi connectivity index (χ4v) is 3.12. The van der Waals surface area contributed by atoms with E-state index in [-0.39, 0.29) is 5.91 Å². The van der Waals surface area contributed by atoms with Gasteiger partial charge in [-0.25, -0.2) is 9.97 Å². The molecule has 0 bridgehead atoms. The molecule has 0 saturated carbocycles. The van der Waals surface area contributed by atoms with Gasteiger partial charge >= 0.3 is 0 Å². The summed E-state index contributed by atoms with van der Waals surface area (Å²) in [6.45, 7) is 9.34. The van der Waals surface area contributed by atoms with Crippen molar-refractivity contribution in [3.05, 3.63) is 52.4 Å². The Morgan fingerprint density at radius 2 is 1.85 bits per heavy atom. The monoisotopic (exact) mass is 373 g/mol. The summed E-state index contributed by atoms with van der Waals surface area (Å²) >= 11 is 5.89. The molecule has 0 aliphatic carbocycles. The standard InChI is InChI=1S/C19H24ClN5O/c1-3-24-8-10-25(11-9-24)18-12-17(22-14(2)23-18)19(26)21-13-15-4-6-16(20)7-5-15/h4-7,12H,3,8-11,13H2,1-2H3,(H,21,26). The molecule has 0 unspecified atom stereocenters. The number of aryl methyl sites for hydroxylation is 1. The number of anilines is 1. The molecule has 26 heavy (non-hydrogen) atoms. The van der Waals surface area contributed by atoms with Gasteiger partial charge in [-0.2, -0.15) is 0 Å². The highest BCUT2D eigenvalue weighted by Gasteiger charge is 2.19. The highest BCUT2D eigenvalue weighted by atomic mass is 35.5. The number of hydrogen-bond donors (Lipinski definition) is 1. The topological polar surface area (TPSA) is 61.4 Å². The van der Waals surface area contributed by atoms with Crippen LogP contribution in [-0.4, -0.2) is 53.5 Å². The smallest absolute Gasteiger partial charge is 0.270 e. The molecule has 2 aromatic rings. The number of likely N-dealkylation sites (N-methyl/N-ethyl adjacent to an activating group) is 1. The van der Waals surface area contributed by atoms with Crippen molar-refractivity contribution in [3.63, 3.8) is 0 Å². The molecule has 1 aromatic carbocycles. The summed E-state index contributed by atoms with van der Waals surface area (Å²) in [5.74, 6) is 1.24. The Balaban J connectivity index is 1.66. The van der Waals surface area contributed by atoms with Gasteiger partial charge < -0.3 is 15.1 Å². The molecular formula is C19H24ClN5O. The number of carbonyl (C=O) groups excluding carboxylic acids is 1. The molecule has 138 valence electrons. The Labute approximate surface area is 159 Å². The maximum Gasteiger partial charge on any atom is 0.270 e. The Kier molecular flexibility index (Phi) is 6.06. The first-order valence-electron chi connectivity index (χ1n) is 8.91. The molecule has 0 atom stereocenters. The van der Waals surface area contributed by atoms with Crippen molar-refractivity contribution in [2.45, 2.75) is 20.4 Å². The van der Waals surface area contributed by atoms with Crippen LogP contribution in [0, 0.1) is 6.92 Å². The molecule has 0 radical (unpaired) electrons. The average molecular weight is 374 g/mol. The van der Waals surface area contributed by atoms with E-state index in [2.05, 4.69) is 32.0 Å². The number of aromatic nitrogens is 2. The third-order valence-electron chi connectivity index (χ3n) is 4.57. The van der Waals surface area contributed by atoms with Gasteiger partial charge in [0.05, 0.1) is 0 Å². The Hall–Kier alpha value is -2.18. The van der Waals surface area contributed by atoms with Gasteiger partial charge in [-0.1, -0.05) is 30.7 Å². The molecule has 7 heteroatoms. The van der Waals surface area contributed by atoms with Gasteiger partial charge in [0.25, 0.3) is 5.91 Å². The SMILES string of the molecule is CCN1CCN(c2cc(C(=O)NCc3ccc(Cl)cc3)nc(C)n2)CC1. The number of nitrogens with zero attached hydrogens (tertiary/aromatic N) is 4. The van der Waals surface area contributed by atoms with E-state index in [0.29, 0.717) is 23.1 Å². The van der Waals surface area contributed by atoms with Gasteiger partial charge in [-0.3, -0.25) is 4.79 Å². The van der Waals surface area contributed by atoms with Gasteiger partial charge in [-0.05, 0) is 31.2 Å². The van der Waals surface area contributed by atoms with Crippen LogP contribution in [0.2, 0.25) is 5.02 Å². The predicted octanol–water partition coefficient (Wildman–Crippen LogP) is 2.51. The van der Waals surface area contributed by atoms with Crippen LogP contribution in [0.25, 0.3) is 0 Å². The third kappa shape index (κ3) is 4.71. The van der Waals surface area contributed by atoms with Crippen LogP contribution < -0.4 is 10.2 Å². The molecule has 0 spiro atoms. The molecule has 1 fully saturated rings. The van der Waals surface area contributed by atoms with Crippen molar-refractivity contribution >= 4 is 23.3 Å². The van der Waals surface area contributed by atoms with E-state index in [9.17, 15) is 4.79 Å². The van der Waals surface area contributed by atoms with Crippen molar-refractivity contribution in [1.29, 1.82) is 0 Å². The summed E-state index contributed by atoms with van der Waals surface area (Å²) in [6, 6.07) is 9.20. The third-order valence-corrected chi connectivity index (χ3v) is 4.82. The fraction of sp³-hybridized carbons (Fsp3) is 0.421. The first kappa shape index (κ1) is 18.6. The van der Waals surface area contributed by atoms with Crippen LogP contribution in [0.15, 0.2) is 30.3 Å². The van der Waals surface area contributed by atoms with Crippen LogP contribution in [0.1, 0.15) is 28.8 Å². The summed E-state index contributed by atoms with van der Waals surface area (Å²) in [5.41, 5.74) is 1.39. The zero-order chi connectivity index (χ0) is 18.5.